The molecule has 5 rings (SSSR count). The summed E-state index contributed by atoms with van der Waals surface area (Å²) in [7, 11) is 0. The number of esters is 1. The average Bonchev–Trinajstić information content (AvgIpc) is 3.22. The van der Waals surface area contributed by atoms with Gasteiger partial charge in [-0.25, -0.2) is 9.48 Å². The van der Waals surface area contributed by atoms with Crippen molar-refractivity contribution >= 4 is 50.1 Å². The number of hydrogen-bond donors (Lipinski definition) is 1. The first kappa shape index (κ1) is 23.3. The Morgan fingerprint density at radius 2 is 1.58 bits per heavy atom. The van der Waals surface area contributed by atoms with Crippen molar-refractivity contribution in [2.24, 2.45) is 0 Å². The van der Waals surface area contributed by atoms with Crippen molar-refractivity contribution < 1.29 is 14.3 Å². The van der Waals surface area contributed by atoms with Crippen LogP contribution in [0.5, 0.6) is 0 Å². The fourth-order valence-electron chi connectivity index (χ4n) is 4.62. The molecule has 182 valence electrons. The Morgan fingerprint density at radius 3 is 2.33 bits per heavy atom. The zero-order valence-corrected chi connectivity index (χ0v) is 20.2. The van der Waals surface area contributed by atoms with Gasteiger partial charge in [-0.2, -0.15) is 5.10 Å². The van der Waals surface area contributed by atoms with Crippen molar-refractivity contribution in [3.63, 3.8) is 0 Å². The van der Waals surface area contributed by atoms with E-state index in [-0.39, 0.29) is 11.3 Å². The van der Waals surface area contributed by atoms with Crippen molar-refractivity contribution in [2.75, 3.05) is 11.9 Å². The molecule has 0 fully saturated rings. The molecule has 0 atom stereocenters. The molecular weight excluding hydrogens is 456 g/mol. The van der Waals surface area contributed by atoms with Crippen LogP contribution in [-0.2, 0) is 22.6 Å². The molecule has 0 saturated heterocycles. The highest BCUT2D eigenvalue weighted by Gasteiger charge is 2.19. The second kappa shape index (κ2) is 9.65. The Bertz CT molecular complexity index is 1680. The second-order valence-electron chi connectivity index (χ2n) is 8.54. The maximum atomic E-state index is 12.9. The van der Waals surface area contributed by atoms with Gasteiger partial charge in [-0.1, -0.05) is 43.3 Å². The summed E-state index contributed by atoms with van der Waals surface area (Å²) in [5, 5.41) is 9.96. The largest absolute Gasteiger partial charge is 0.451 e. The van der Waals surface area contributed by atoms with E-state index in [0.717, 1.165) is 28.4 Å². The Hall–Kier alpha value is -4.46. The molecule has 0 aliphatic heterocycles. The predicted octanol–water partition coefficient (Wildman–Crippen LogP) is 4.73. The lowest BCUT2D eigenvalue weighted by molar-refractivity contribution is -0.119. The number of hydrogen-bond acceptors (Lipinski definition) is 5. The first-order chi connectivity index (χ1) is 17.5. The number of para-hydroxylation sites is 1. The molecule has 0 unspecified atom stereocenters. The number of aromatic nitrogens is 3. The maximum absolute atomic E-state index is 12.9. The van der Waals surface area contributed by atoms with Crippen LogP contribution in [0.2, 0.25) is 0 Å². The molecule has 8 heteroatoms. The summed E-state index contributed by atoms with van der Waals surface area (Å²) < 4.78 is 8.78. The van der Waals surface area contributed by atoms with E-state index in [1.54, 1.807) is 24.3 Å². The number of nitrogens with one attached hydrogen (secondary N) is 1. The van der Waals surface area contributed by atoms with Gasteiger partial charge in [0.1, 0.15) is 0 Å². The zero-order valence-electron chi connectivity index (χ0n) is 20.2. The van der Waals surface area contributed by atoms with Crippen LogP contribution in [0.1, 0.15) is 30.8 Å². The monoisotopic (exact) mass is 482 g/mol. The van der Waals surface area contributed by atoms with E-state index in [2.05, 4.69) is 34.0 Å². The van der Waals surface area contributed by atoms with E-state index in [1.165, 1.54) is 4.68 Å². The number of nitrogens with zero attached hydrogens (tertiary/aromatic N) is 3. The van der Waals surface area contributed by atoms with Gasteiger partial charge in [0.2, 0.25) is 0 Å². The minimum Gasteiger partial charge on any atom is -0.451 e. The van der Waals surface area contributed by atoms with E-state index in [9.17, 15) is 14.4 Å². The highest BCUT2D eigenvalue weighted by Crippen LogP contribution is 2.31. The highest BCUT2D eigenvalue weighted by molar-refractivity contribution is 6.10. The quantitative estimate of drug-likeness (QED) is 0.339. The summed E-state index contributed by atoms with van der Waals surface area (Å²) in [6.07, 6.45) is 0.684. The lowest BCUT2D eigenvalue weighted by atomic mass is 10.1. The van der Waals surface area contributed by atoms with Gasteiger partial charge >= 0.3 is 5.97 Å². The van der Waals surface area contributed by atoms with Crippen molar-refractivity contribution in [1.82, 2.24) is 14.3 Å². The minimum absolute atomic E-state index is 0.0141. The first-order valence-corrected chi connectivity index (χ1v) is 12.0. The van der Waals surface area contributed by atoms with Crippen LogP contribution in [0, 0.1) is 0 Å². The van der Waals surface area contributed by atoms with Crippen molar-refractivity contribution in [3.8, 4) is 0 Å². The van der Waals surface area contributed by atoms with Gasteiger partial charge in [0.15, 0.2) is 12.3 Å². The number of rotatable bonds is 7. The van der Waals surface area contributed by atoms with E-state index >= 15 is 0 Å². The van der Waals surface area contributed by atoms with E-state index in [0.29, 0.717) is 29.4 Å². The van der Waals surface area contributed by atoms with E-state index in [4.69, 9.17) is 4.74 Å². The van der Waals surface area contributed by atoms with E-state index < -0.39 is 18.5 Å². The van der Waals surface area contributed by atoms with Crippen LogP contribution in [-0.4, -0.2) is 32.8 Å². The van der Waals surface area contributed by atoms with Gasteiger partial charge < -0.3 is 14.6 Å². The third-order valence-corrected chi connectivity index (χ3v) is 6.20. The SMILES string of the molecule is CCCn1nc(C(=O)OCC(=O)Nc2ccc3c(c2)c2ccccc2n3CC)c2ccccc2c1=O. The third-order valence-electron chi connectivity index (χ3n) is 6.20. The number of ether oxygens (including phenoxy) is 1. The number of anilines is 1. The first-order valence-electron chi connectivity index (χ1n) is 12.0. The molecule has 0 spiro atoms. The summed E-state index contributed by atoms with van der Waals surface area (Å²) in [4.78, 5) is 38.1. The molecule has 0 aliphatic carbocycles. The number of fused-ring (bicyclic) bond motifs is 4. The maximum Gasteiger partial charge on any atom is 0.359 e. The molecule has 0 aliphatic rings. The smallest absolute Gasteiger partial charge is 0.359 e. The molecule has 0 saturated carbocycles. The minimum atomic E-state index is -0.757. The summed E-state index contributed by atoms with van der Waals surface area (Å²) in [5.74, 6) is -1.22. The average molecular weight is 483 g/mol. The molecule has 5 aromatic rings. The molecular formula is C28H26N4O4. The summed E-state index contributed by atoms with van der Waals surface area (Å²) >= 11 is 0. The van der Waals surface area contributed by atoms with Gasteiger partial charge in [0.05, 0.1) is 5.39 Å². The molecule has 2 aromatic heterocycles. The van der Waals surface area contributed by atoms with Crippen LogP contribution in [0.25, 0.3) is 32.6 Å². The number of amides is 1. The Morgan fingerprint density at radius 1 is 0.889 bits per heavy atom. The van der Waals surface area contributed by atoms with E-state index in [1.807, 2.05) is 37.3 Å². The van der Waals surface area contributed by atoms with Crippen LogP contribution < -0.4 is 10.9 Å². The van der Waals surface area contributed by atoms with Crippen LogP contribution in [0.15, 0.2) is 71.5 Å². The number of carbonyl (C=O) groups excluding carboxylic acids is 2. The highest BCUT2D eigenvalue weighted by atomic mass is 16.5. The Labute approximate surface area is 207 Å². The number of aryl methyl sites for hydroxylation is 2. The summed E-state index contributed by atoms with van der Waals surface area (Å²) in [6.45, 7) is 4.75. The molecule has 2 heterocycles. The molecule has 0 radical (unpaired) electrons. The molecule has 36 heavy (non-hydrogen) atoms. The van der Waals surface area contributed by atoms with Crippen molar-refractivity contribution in [1.29, 1.82) is 0 Å². The standard InChI is InChI=1S/C28H26N4O4/c1-3-15-32-27(34)21-11-6-5-10-20(21)26(30-32)28(35)36-17-25(33)29-18-13-14-24-22(16-18)19-9-7-8-12-23(19)31(24)4-2/h5-14,16H,3-4,15,17H2,1-2H3,(H,29,33). The summed E-state index contributed by atoms with van der Waals surface area (Å²) in [5.41, 5.74) is 2.59. The zero-order chi connectivity index (χ0) is 25.2. The lowest BCUT2D eigenvalue weighted by Gasteiger charge is -2.11. The third kappa shape index (κ3) is 4.11. The predicted molar refractivity (Wildman–Crippen MR) is 140 cm³/mol. The van der Waals surface area contributed by atoms with Crippen LogP contribution in [0.4, 0.5) is 5.69 Å². The van der Waals surface area contributed by atoms with Gasteiger partial charge in [0, 0.05) is 46.0 Å². The van der Waals surface area contributed by atoms with Crippen molar-refractivity contribution in [2.45, 2.75) is 33.4 Å². The molecule has 8 nitrogen and oxygen atoms in total. The lowest BCUT2D eigenvalue weighted by Crippen LogP contribution is -2.27. The molecule has 1 amide bonds. The fourth-order valence-corrected chi connectivity index (χ4v) is 4.62. The van der Waals surface area contributed by atoms with Gasteiger partial charge in [-0.05, 0) is 43.7 Å². The van der Waals surface area contributed by atoms with Crippen LogP contribution >= 0.6 is 0 Å². The number of benzene rings is 3. The van der Waals surface area contributed by atoms with Crippen LogP contribution in [0.3, 0.4) is 0 Å². The topological polar surface area (TPSA) is 95.2 Å². The van der Waals surface area contributed by atoms with Gasteiger partial charge in [0.25, 0.3) is 11.5 Å². The van der Waals surface area contributed by atoms with Gasteiger partial charge in [-0.3, -0.25) is 9.59 Å². The Balaban J connectivity index is 1.35. The molecule has 3 aromatic carbocycles. The number of carbonyl (C=O) groups is 2. The molecule has 1 N–H and O–H groups in total. The normalized spacial score (nSPS) is 11.3. The Kier molecular flexibility index (Phi) is 6.25. The summed E-state index contributed by atoms with van der Waals surface area (Å²) in [6, 6.07) is 20.7. The fraction of sp³-hybridized carbons (Fsp3) is 0.214. The van der Waals surface area contributed by atoms with Gasteiger partial charge in [-0.15, -0.1) is 0 Å². The molecule has 0 bridgehead atoms. The second-order valence-corrected chi connectivity index (χ2v) is 8.54. The van der Waals surface area contributed by atoms with Crippen molar-refractivity contribution in [3.05, 3.63) is 82.8 Å².